The number of amides is 1. The first kappa shape index (κ1) is 20.1. The summed E-state index contributed by atoms with van der Waals surface area (Å²) in [6.45, 7) is 9.33. The van der Waals surface area contributed by atoms with E-state index in [0.29, 0.717) is 12.5 Å². The molecule has 1 aromatic rings. The number of ether oxygens (including phenoxy) is 1. The van der Waals surface area contributed by atoms with Gasteiger partial charge in [-0.25, -0.2) is 4.99 Å². The molecule has 0 aromatic heterocycles. The Morgan fingerprint density at radius 1 is 1.27 bits per heavy atom. The number of carbonyl (C=O) groups is 1. The summed E-state index contributed by atoms with van der Waals surface area (Å²) in [7, 11) is 0. The molecule has 0 saturated carbocycles. The number of nitrogens with zero attached hydrogens (tertiary/aromatic N) is 2. The van der Waals surface area contributed by atoms with Crippen LogP contribution in [0.15, 0.2) is 29.3 Å². The van der Waals surface area contributed by atoms with Gasteiger partial charge in [0.05, 0.1) is 6.54 Å². The number of piperidine rings is 1. The van der Waals surface area contributed by atoms with Crippen LogP contribution in [0.5, 0.6) is 5.75 Å². The summed E-state index contributed by atoms with van der Waals surface area (Å²) in [5.41, 5.74) is 1.17. The predicted octanol–water partition coefficient (Wildman–Crippen LogP) is 2.33. The van der Waals surface area contributed by atoms with Gasteiger partial charge in [-0.05, 0) is 57.7 Å². The van der Waals surface area contributed by atoms with Gasteiger partial charge in [0.2, 0.25) is 5.91 Å². The van der Waals surface area contributed by atoms with Gasteiger partial charge >= 0.3 is 0 Å². The number of guanidine groups is 1. The normalized spacial score (nSPS) is 16.1. The Kier molecular flexibility index (Phi) is 8.25. The Labute approximate surface area is 157 Å². The second kappa shape index (κ2) is 10.7. The molecule has 0 spiro atoms. The topological polar surface area (TPSA) is 66.0 Å². The van der Waals surface area contributed by atoms with Crippen molar-refractivity contribution >= 4 is 11.9 Å². The highest BCUT2D eigenvalue weighted by molar-refractivity contribution is 5.85. The Morgan fingerprint density at radius 2 is 2.04 bits per heavy atom. The molecule has 1 amide bonds. The van der Waals surface area contributed by atoms with E-state index in [4.69, 9.17) is 4.74 Å². The van der Waals surface area contributed by atoms with Crippen molar-refractivity contribution in [3.8, 4) is 5.75 Å². The van der Waals surface area contributed by atoms with Crippen LogP contribution in [0.1, 0.15) is 38.7 Å². The van der Waals surface area contributed by atoms with E-state index in [0.717, 1.165) is 38.2 Å². The van der Waals surface area contributed by atoms with Crippen molar-refractivity contribution in [3.05, 3.63) is 29.8 Å². The predicted molar refractivity (Wildman–Crippen MR) is 106 cm³/mol. The third-order valence-corrected chi connectivity index (χ3v) is 4.31. The highest BCUT2D eigenvalue weighted by Gasteiger charge is 2.16. The van der Waals surface area contributed by atoms with Gasteiger partial charge < -0.3 is 20.3 Å². The number of benzene rings is 1. The molecule has 26 heavy (non-hydrogen) atoms. The lowest BCUT2D eigenvalue weighted by Gasteiger charge is -2.26. The van der Waals surface area contributed by atoms with Gasteiger partial charge in [0.15, 0.2) is 5.96 Å². The Morgan fingerprint density at radius 3 is 2.73 bits per heavy atom. The summed E-state index contributed by atoms with van der Waals surface area (Å²) in [6.07, 6.45) is 3.40. The first-order valence-electron chi connectivity index (χ1n) is 9.61. The van der Waals surface area contributed by atoms with Gasteiger partial charge in [-0.15, -0.1) is 0 Å². The van der Waals surface area contributed by atoms with E-state index in [1.165, 1.54) is 12.0 Å². The molecule has 1 heterocycles. The quantitative estimate of drug-likeness (QED) is 0.579. The van der Waals surface area contributed by atoms with Crippen LogP contribution in [0.4, 0.5) is 0 Å². The average Bonchev–Trinajstić information content (AvgIpc) is 2.64. The number of rotatable bonds is 7. The number of aryl methyl sites for hydroxylation is 1. The maximum Gasteiger partial charge on any atom is 0.244 e. The van der Waals surface area contributed by atoms with E-state index in [-0.39, 0.29) is 18.6 Å². The van der Waals surface area contributed by atoms with Crippen LogP contribution in [0.3, 0.4) is 0 Å². The van der Waals surface area contributed by atoms with E-state index < -0.39 is 0 Å². The first-order chi connectivity index (χ1) is 12.6. The molecule has 2 N–H and O–H groups in total. The number of hydrogen-bond donors (Lipinski definition) is 2. The SMILES string of the molecule is CCNC(=NCC(=O)N1CCCCC1)NCC(C)Oc1cccc(C)c1. The molecule has 1 aliphatic heterocycles. The van der Waals surface area contributed by atoms with Gasteiger partial charge in [-0.3, -0.25) is 4.79 Å². The zero-order chi connectivity index (χ0) is 18.8. The largest absolute Gasteiger partial charge is 0.489 e. The van der Waals surface area contributed by atoms with E-state index in [2.05, 4.69) is 15.6 Å². The Balaban J connectivity index is 1.81. The van der Waals surface area contributed by atoms with Crippen LogP contribution < -0.4 is 15.4 Å². The van der Waals surface area contributed by atoms with Crippen molar-refractivity contribution in [2.24, 2.45) is 4.99 Å². The van der Waals surface area contributed by atoms with Crippen molar-refractivity contribution in [3.63, 3.8) is 0 Å². The van der Waals surface area contributed by atoms with Crippen LogP contribution in [0, 0.1) is 6.92 Å². The Bertz CT molecular complexity index is 597. The third-order valence-electron chi connectivity index (χ3n) is 4.31. The molecule has 0 aliphatic carbocycles. The molecule has 6 nitrogen and oxygen atoms in total. The number of nitrogens with one attached hydrogen (secondary N) is 2. The highest BCUT2D eigenvalue weighted by Crippen LogP contribution is 2.13. The standard InChI is InChI=1S/C20H32N4O2/c1-4-21-20(23-15-19(25)24-11-6-5-7-12-24)22-14-17(3)26-18-10-8-9-16(2)13-18/h8-10,13,17H,4-7,11-12,14-15H2,1-3H3,(H2,21,22,23). The Hall–Kier alpha value is -2.24. The van der Waals surface area contributed by atoms with Crippen LogP contribution in [0.25, 0.3) is 0 Å². The lowest BCUT2D eigenvalue weighted by atomic mass is 10.1. The summed E-state index contributed by atoms with van der Waals surface area (Å²) >= 11 is 0. The second-order valence-corrected chi connectivity index (χ2v) is 6.76. The fourth-order valence-corrected chi connectivity index (χ4v) is 2.93. The molecule has 144 valence electrons. The van der Waals surface area contributed by atoms with E-state index in [1.54, 1.807) is 0 Å². The molecule has 6 heteroatoms. The summed E-state index contributed by atoms with van der Waals surface area (Å²) in [6, 6.07) is 8.01. The van der Waals surface area contributed by atoms with Gasteiger partial charge in [-0.2, -0.15) is 0 Å². The van der Waals surface area contributed by atoms with Crippen LogP contribution >= 0.6 is 0 Å². The minimum atomic E-state index is -0.0153. The van der Waals surface area contributed by atoms with E-state index >= 15 is 0 Å². The third kappa shape index (κ3) is 6.94. The maximum absolute atomic E-state index is 12.3. The summed E-state index contributed by atoms with van der Waals surface area (Å²) in [4.78, 5) is 18.6. The number of aliphatic imine (C=N–C) groups is 1. The fourth-order valence-electron chi connectivity index (χ4n) is 2.93. The average molecular weight is 361 g/mol. The maximum atomic E-state index is 12.3. The van der Waals surface area contributed by atoms with Gasteiger partial charge in [0.1, 0.15) is 18.4 Å². The molecule has 1 aromatic carbocycles. The lowest BCUT2D eigenvalue weighted by molar-refractivity contribution is -0.130. The molecule has 1 unspecified atom stereocenters. The number of likely N-dealkylation sites (tertiary alicyclic amines) is 1. The van der Waals surface area contributed by atoms with Crippen molar-refractivity contribution < 1.29 is 9.53 Å². The molecule has 1 aliphatic rings. The highest BCUT2D eigenvalue weighted by atomic mass is 16.5. The van der Waals surface area contributed by atoms with Gasteiger partial charge in [0.25, 0.3) is 0 Å². The number of carbonyl (C=O) groups excluding carboxylic acids is 1. The first-order valence-corrected chi connectivity index (χ1v) is 9.61. The molecule has 1 saturated heterocycles. The molecule has 0 bridgehead atoms. The minimum Gasteiger partial charge on any atom is -0.489 e. The van der Waals surface area contributed by atoms with Crippen LogP contribution in [-0.2, 0) is 4.79 Å². The molecule has 1 fully saturated rings. The van der Waals surface area contributed by atoms with Crippen LogP contribution in [0.2, 0.25) is 0 Å². The van der Waals surface area contributed by atoms with Crippen molar-refractivity contribution in [2.75, 3.05) is 32.7 Å². The number of hydrogen-bond acceptors (Lipinski definition) is 3. The second-order valence-electron chi connectivity index (χ2n) is 6.76. The van der Waals surface area contributed by atoms with Crippen molar-refractivity contribution in [1.29, 1.82) is 0 Å². The smallest absolute Gasteiger partial charge is 0.244 e. The molecule has 1 atom stereocenters. The zero-order valence-electron chi connectivity index (χ0n) is 16.3. The zero-order valence-corrected chi connectivity index (χ0v) is 16.3. The lowest BCUT2D eigenvalue weighted by Crippen LogP contribution is -2.43. The molecular weight excluding hydrogens is 328 g/mol. The molecular formula is C20H32N4O2. The fraction of sp³-hybridized carbons (Fsp3) is 0.600. The van der Waals surface area contributed by atoms with E-state index in [1.807, 2.05) is 49.9 Å². The van der Waals surface area contributed by atoms with Gasteiger partial charge in [0, 0.05) is 19.6 Å². The van der Waals surface area contributed by atoms with Crippen molar-refractivity contribution in [2.45, 2.75) is 46.1 Å². The van der Waals surface area contributed by atoms with Crippen LogP contribution in [-0.4, -0.2) is 55.6 Å². The molecule has 2 rings (SSSR count). The van der Waals surface area contributed by atoms with Crippen molar-refractivity contribution in [1.82, 2.24) is 15.5 Å². The minimum absolute atomic E-state index is 0.0153. The van der Waals surface area contributed by atoms with Gasteiger partial charge in [-0.1, -0.05) is 12.1 Å². The van der Waals surface area contributed by atoms with E-state index in [9.17, 15) is 4.79 Å². The monoisotopic (exact) mass is 360 g/mol. The summed E-state index contributed by atoms with van der Waals surface area (Å²) in [5.74, 6) is 1.62. The molecule has 0 radical (unpaired) electrons. The summed E-state index contributed by atoms with van der Waals surface area (Å²) in [5, 5.41) is 6.44. The summed E-state index contributed by atoms with van der Waals surface area (Å²) < 4.78 is 5.92.